The van der Waals surface area contributed by atoms with E-state index in [-0.39, 0.29) is 0 Å². The van der Waals surface area contributed by atoms with Gasteiger partial charge in [-0.3, -0.25) is 0 Å². The molecule has 0 saturated heterocycles. The van der Waals surface area contributed by atoms with E-state index in [0.29, 0.717) is 22.2 Å². The highest BCUT2D eigenvalue weighted by Gasteiger charge is 2.11. The van der Waals surface area contributed by atoms with Crippen LogP contribution in [0, 0.1) is 22.7 Å². The van der Waals surface area contributed by atoms with Crippen LogP contribution < -0.4 is 0 Å². The molecule has 4 nitrogen and oxygen atoms in total. The van der Waals surface area contributed by atoms with E-state index in [0.717, 1.165) is 16.2 Å². The van der Waals surface area contributed by atoms with E-state index in [1.165, 1.54) is 6.08 Å². The molecule has 0 fully saturated rings. The number of benzene rings is 1. The third kappa shape index (κ3) is 1.69. The van der Waals surface area contributed by atoms with Gasteiger partial charge in [-0.1, -0.05) is 6.07 Å². The average Bonchev–Trinajstić information content (AvgIpc) is 2.77. The van der Waals surface area contributed by atoms with Gasteiger partial charge in [0, 0.05) is 16.1 Å². The van der Waals surface area contributed by atoms with Crippen molar-refractivity contribution in [3.63, 3.8) is 0 Å². The third-order valence-corrected chi connectivity index (χ3v) is 3.15. The normalized spacial score (nSPS) is 11.1. The van der Waals surface area contributed by atoms with Gasteiger partial charge in [0.05, 0.1) is 23.4 Å². The van der Waals surface area contributed by atoms with E-state index in [1.807, 2.05) is 12.1 Å². The molecule has 0 amide bonds. The molecule has 0 aliphatic rings. The zero-order chi connectivity index (χ0) is 11.5. The van der Waals surface area contributed by atoms with Crippen molar-refractivity contribution >= 4 is 44.3 Å². The number of aromatic nitrogens is 2. The van der Waals surface area contributed by atoms with Gasteiger partial charge in [-0.25, -0.2) is 0 Å². The number of allylic oxidation sites excluding steroid dienone is 2. The Balaban J connectivity index is 2.77. The summed E-state index contributed by atoms with van der Waals surface area (Å²) in [4.78, 5) is 0. The van der Waals surface area contributed by atoms with E-state index < -0.39 is 0 Å². The molecule has 2 aromatic rings. The minimum Gasteiger partial charge on any atom is -0.193 e. The predicted molar refractivity (Wildman–Crippen MR) is 64.3 cm³/mol. The second kappa shape index (κ2) is 4.40. The molecule has 6 heteroatoms. The minimum absolute atomic E-state index is 0.299. The van der Waals surface area contributed by atoms with Crippen molar-refractivity contribution in [3.05, 3.63) is 28.2 Å². The molecule has 0 radical (unpaired) electrons. The Kier molecular flexibility index (Phi) is 2.95. The summed E-state index contributed by atoms with van der Waals surface area (Å²) in [5.74, 6) is 0. The molecule has 0 aliphatic carbocycles. The highest BCUT2D eigenvalue weighted by atomic mass is 79.9. The molecule has 0 spiro atoms. The minimum atomic E-state index is 0.299. The molecular formula is C10H3BrN4S. The first-order valence-electron chi connectivity index (χ1n) is 4.19. The van der Waals surface area contributed by atoms with Crippen molar-refractivity contribution in [2.75, 3.05) is 0 Å². The lowest BCUT2D eigenvalue weighted by molar-refractivity contribution is 1.50. The Bertz CT molecular complexity index is 659. The molecule has 76 valence electrons. The molecule has 1 aromatic carbocycles. The smallest absolute Gasteiger partial charge is 0.119 e. The Morgan fingerprint density at radius 1 is 1.31 bits per heavy atom. The molecular weight excluding hydrogens is 288 g/mol. The van der Waals surface area contributed by atoms with Crippen molar-refractivity contribution < 1.29 is 0 Å². The molecule has 0 bridgehead atoms. The van der Waals surface area contributed by atoms with Gasteiger partial charge in [0.1, 0.15) is 17.1 Å². The second-order valence-electron chi connectivity index (χ2n) is 2.86. The van der Waals surface area contributed by atoms with Gasteiger partial charge in [0.2, 0.25) is 0 Å². The number of hydrogen-bond acceptors (Lipinski definition) is 5. The van der Waals surface area contributed by atoms with E-state index in [1.54, 1.807) is 12.1 Å². The first-order chi connectivity index (χ1) is 7.77. The maximum absolute atomic E-state index is 8.95. The fourth-order valence-electron chi connectivity index (χ4n) is 1.29. The predicted octanol–water partition coefficient (Wildman–Crippen LogP) is 2.88. The van der Waals surface area contributed by atoms with Crippen LogP contribution in [0.15, 0.2) is 22.7 Å². The molecule has 0 saturated carbocycles. The molecule has 0 N–H and O–H groups in total. The van der Waals surface area contributed by atoms with Crippen molar-refractivity contribution in [1.29, 1.82) is 10.5 Å². The summed E-state index contributed by atoms with van der Waals surface area (Å²) in [6, 6.07) is 7.37. The van der Waals surface area contributed by atoms with Crippen molar-refractivity contribution in [1.82, 2.24) is 8.75 Å². The summed E-state index contributed by atoms with van der Waals surface area (Å²) in [6.45, 7) is 0. The summed E-state index contributed by atoms with van der Waals surface area (Å²) < 4.78 is 9.08. The maximum atomic E-state index is 8.95. The van der Waals surface area contributed by atoms with Gasteiger partial charge in [-0.15, -0.1) is 0 Å². The average molecular weight is 291 g/mol. The summed E-state index contributed by atoms with van der Waals surface area (Å²) in [7, 11) is 0. The lowest BCUT2D eigenvalue weighted by Gasteiger charge is -1.99. The van der Waals surface area contributed by atoms with Crippen LogP contribution in [0.3, 0.4) is 0 Å². The molecule has 1 heterocycles. The van der Waals surface area contributed by atoms with Crippen molar-refractivity contribution in [3.8, 4) is 12.1 Å². The van der Waals surface area contributed by atoms with Gasteiger partial charge in [-0.2, -0.15) is 19.3 Å². The number of rotatable bonds is 1. The first kappa shape index (κ1) is 10.7. The topological polar surface area (TPSA) is 73.4 Å². The summed E-state index contributed by atoms with van der Waals surface area (Å²) in [6.07, 6.45) is 1.21. The largest absolute Gasteiger partial charge is 0.193 e. The van der Waals surface area contributed by atoms with E-state index in [2.05, 4.69) is 24.7 Å². The molecule has 1 aromatic heterocycles. The first-order valence-corrected chi connectivity index (χ1v) is 5.71. The monoisotopic (exact) mass is 290 g/mol. The summed E-state index contributed by atoms with van der Waals surface area (Å²) in [5, 5.41) is 17.5. The van der Waals surface area contributed by atoms with Crippen LogP contribution >= 0.6 is 27.7 Å². The Morgan fingerprint density at radius 2 is 2.06 bits per heavy atom. The number of fused-ring (bicyclic) bond motifs is 1. The van der Waals surface area contributed by atoms with E-state index >= 15 is 0 Å². The van der Waals surface area contributed by atoms with Crippen LogP contribution in [0.5, 0.6) is 0 Å². The van der Waals surface area contributed by atoms with Crippen LogP contribution in [0.4, 0.5) is 0 Å². The molecule has 0 aliphatic heterocycles. The van der Waals surface area contributed by atoms with Crippen LogP contribution in [0.2, 0.25) is 0 Å². The number of halogens is 1. The van der Waals surface area contributed by atoms with Gasteiger partial charge >= 0.3 is 0 Å². The number of nitrogens with zero attached hydrogens (tertiary/aromatic N) is 4. The quantitative estimate of drug-likeness (QED) is 0.757. The van der Waals surface area contributed by atoms with Crippen LogP contribution in [-0.2, 0) is 0 Å². The van der Waals surface area contributed by atoms with Gasteiger partial charge in [0.15, 0.2) is 0 Å². The van der Waals surface area contributed by atoms with Gasteiger partial charge in [0.25, 0.3) is 0 Å². The summed E-state index contributed by atoms with van der Waals surface area (Å²) in [5.41, 5.74) is 2.28. The number of hydrogen-bond donors (Lipinski definition) is 0. The van der Waals surface area contributed by atoms with Crippen LogP contribution in [0.1, 0.15) is 5.56 Å². The lowest BCUT2D eigenvalue weighted by atomic mass is 10.1. The van der Waals surface area contributed by atoms with Crippen molar-refractivity contribution in [2.24, 2.45) is 0 Å². The van der Waals surface area contributed by atoms with E-state index in [9.17, 15) is 0 Å². The van der Waals surface area contributed by atoms with E-state index in [4.69, 9.17) is 10.5 Å². The van der Waals surface area contributed by atoms with Crippen LogP contribution in [0.25, 0.3) is 16.6 Å². The zero-order valence-electron chi connectivity index (χ0n) is 7.81. The third-order valence-electron chi connectivity index (χ3n) is 1.99. The zero-order valence-corrected chi connectivity index (χ0v) is 10.2. The van der Waals surface area contributed by atoms with Gasteiger partial charge in [-0.05, 0) is 22.0 Å². The molecule has 0 unspecified atom stereocenters. The maximum Gasteiger partial charge on any atom is 0.119 e. The second-order valence-corrected chi connectivity index (χ2v) is 4.24. The Labute approximate surface area is 104 Å². The SMILES string of the molecule is N#C/C=C(\C#N)c1ccc(Br)c2nsnc12. The molecule has 16 heavy (non-hydrogen) atoms. The lowest BCUT2D eigenvalue weighted by Crippen LogP contribution is -1.85. The standard InChI is InChI=1S/C10H3BrN4S/c11-8-2-1-7(6(5-13)3-4-12)9-10(8)15-16-14-9/h1-3H/b6-3+. The van der Waals surface area contributed by atoms with Gasteiger partial charge < -0.3 is 0 Å². The van der Waals surface area contributed by atoms with Crippen LogP contribution in [-0.4, -0.2) is 8.75 Å². The fourth-order valence-corrected chi connectivity index (χ4v) is 2.39. The highest BCUT2D eigenvalue weighted by Crippen LogP contribution is 2.28. The number of nitriles is 2. The summed E-state index contributed by atoms with van der Waals surface area (Å²) >= 11 is 4.43. The molecule has 0 atom stereocenters. The molecule has 2 rings (SSSR count). The fraction of sp³-hybridized carbons (Fsp3) is 0. The Hall–Kier alpha value is -1.76. The highest BCUT2D eigenvalue weighted by molar-refractivity contribution is 9.10. The Morgan fingerprint density at radius 3 is 2.75 bits per heavy atom. The van der Waals surface area contributed by atoms with Crippen molar-refractivity contribution in [2.45, 2.75) is 0 Å².